The fourth-order valence-corrected chi connectivity index (χ4v) is 1.72. The molecular formula is C9H14N2O4S. The number of sulfone groups is 1. The number of hydrogen-bond donors (Lipinski definition) is 0. The van der Waals surface area contributed by atoms with Crippen molar-refractivity contribution in [2.75, 3.05) is 6.26 Å². The normalized spacial score (nSPS) is 10.2. The summed E-state index contributed by atoms with van der Waals surface area (Å²) in [5, 5.41) is 10.0. The largest absolute Gasteiger partial charge is 0.306 e. The summed E-state index contributed by atoms with van der Waals surface area (Å²) in [6, 6.07) is 1.18. The molecule has 0 spiro atoms. The molecule has 0 saturated heterocycles. The maximum Gasteiger partial charge on any atom is 0.306 e. The summed E-state index contributed by atoms with van der Waals surface area (Å²) in [6.07, 6.45) is 2.17. The molecule has 1 aromatic heterocycles. The summed E-state index contributed by atoms with van der Waals surface area (Å²) in [4.78, 5) is 13.3. The summed E-state index contributed by atoms with van der Waals surface area (Å²) in [6.45, 7) is 5.60. The van der Waals surface area contributed by atoms with Crippen LogP contribution < -0.4 is 0 Å². The highest BCUT2D eigenvalue weighted by Crippen LogP contribution is 2.21. The van der Waals surface area contributed by atoms with Gasteiger partial charge in [0.25, 0.3) is 0 Å². The van der Waals surface area contributed by atoms with Gasteiger partial charge >= 0.3 is 5.69 Å². The molecule has 0 fully saturated rings. The van der Waals surface area contributed by atoms with E-state index in [0.717, 1.165) is 6.26 Å². The minimum absolute atomic E-state index is 0.479. The van der Waals surface area contributed by atoms with E-state index < -0.39 is 25.5 Å². The van der Waals surface area contributed by atoms with Gasteiger partial charge in [-0.05, 0) is 12.5 Å². The van der Waals surface area contributed by atoms with Crippen LogP contribution in [0.15, 0.2) is 17.3 Å². The minimum Gasteiger partial charge on any atom is -0.258 e. The highest BCUT2D eigenvalue weighted by atomic mass is 32.2. The number of nitro groups is 1. The van der Waals surface area contributed by atoms with Crippen LogP contribution >= 0.6 is 0 Å². The first kappa shape index (κ1) is 14.5. The summed E-state index contributed by atoms with van der Waals surface area (Å²) in [7, 11) is -3.65. The first-order valence-corrected chi connectivity index (χ1v) is 6.52. The molecule has 0 atom stereocenters. The molecule has 1 rings (SSSR count). The molecule has 0 aliphatic carbocycles. The second-order valence-corrected chi connectivity index (χ2v) is 4.80. The molecular weight excluding hydrogens is 232 g/mol. The van der Waals surface area contributed by atoms with Gasteiger partial charge in [-0.3, -0.25) is 10.1 Å². The molecule has 0 aliphatic rings. The predicted molar refractivity (Wildman–Crippen MR) is 60.1 cm³/mol. The van der Waals surface area contributed by atoms with Crippen LogP contribution in [0, 0.1) is 17.0 Å². The van der Waals surface area contributed by atoms with Crippen LogP contribution in [-0.2, 0) is 9.84 Å². The fourth-order valence-electron chi connectivity index (χ4n) is 0.958. The SMILES string of the molecule is CC.Cc1cnc(S(C)(=O)=O)c([N+](=O)[O-])c1. The summed E-state index contributed by atoms with van der Waals surface area (Å²) >= 11 is 0. The van der Waals surface area contributed by atoms with E-state index in [1.807, 2.05) is 13.8 Å². The smallest absolute Gasteiger partial charge is 0.258 e. The van der Waals surface area contributed by atoms with Crippen LogP contribution in [0.4, 0.5) is 5.69 Å². The van der Waals surface area contributed by atoms with Crippen LogP contribution in [0.25, 0.3) is 0 Å². The summed E-state index contributed by atoms with van der Waals surface area (Å²) < 4.78 is 22.2. The van der Waals surface area contributed by atoms with Gasteiger partial charge in [0.2, 0.25) is 5.03 Å². The molecule has 1 heterocycles. The first-order chi connectivity index (χ1) is 7.32. The molecule has 0 radical (unpaired) electrons. The van der Waals surface area contributed by atoms with Gasteiger partial charge in [0.15, 0.2) is 9.84 Å². The number of nitrogens with zero attached hydrogens (tertiary/aromatic N) is 2. The Morgan fingerprint density at radius 2 is 1.88 bits per heavy atom. The Kier molecular flexibility index (Phi) is 5.03. The van der Waals surface area contributed by atoms with Gasteiger partial charge in [0.05, 0.1) is 4.92 Å². The van der Waals surface area contributed by atoms with Crippen molar-refractivity contribution in [2.45, 2.75) is 25.8 Å². The number of aromatic nitrogens is 1. The molecule has 90 valence electrons. The lowest BCUT2D eigenvalue weighted by molar-refractivity contribution is -0.388. The minimum atomic E-state index is -3.65. The van der Waals surface area contributed by atoms with Gasteiger partial charge in [0.1, 0.15) is 0 Å². The van der Waals surface area contributed by atoms with E-state index in [2.05, 4.69) is 4.98 Å². The number of hydrogen-bond acceptors (Lipinski definition) is 5. The zero-order valence-electron chi connectivity index (χ0n) is 9.59. The van der Waals surface area contributed by atoms with E-state index >= 15 is 0 Å². The molecule has 0 N–H and O–H groups in total. The highest BCUT2D eigenvalue weighted by molar-refractivity contribution is 7.90. The van der Waals surface area contributed by atoms with Crippen LogP contribution in [0.1, 0.15) is 19.4 Å². The summed E-state index contributed by atoms with van der Waals surface area (Å²) in [5.41, 5.74) is 0.0663. The third kappa shape index (κ3) is 3.58. The van der Waals surface area contributed by atoms with Crippen molar-refractivity contribution in [1.29, 1.82) is 0 Å². The second-order valence-electron chi connectivity index (χ2n) is 2.87. The molecule has 0 amide bonds. The lowest BCUT2D eigenvalue weighted by Crippen LogP contribution is -2.05. The maximum absolute atomic E-state index is 11.1. The Bertz CT molecular complexity index is 482. The van der Waals surface area contributed by atoms with E-state index in [0.29, 0.717) is 5.56 Å². The lowest BCUT2D eigenvalue weighted by atomic mass is 10.3. The third-order valence-corrected chi connectivity index (χ3v) is 2.53. The van der Waals surface area contributed by atoms with E-state index in [-0.39, 0.29) is 0 Å². The maximum atomic E-state index is 11.1. The quantitative estimate of drug-likeness (QED) is 0.585. The molecule has 0 aromatic carbocycles. The predicted octanol–water partition coefficient (Wildman–Crippen LogP) is 1.73. The van der Waals surface area contributed by atoms with Crippen LogP contribution in [0.2, 0.25) is 0 Å². The van der Waals surface area contributed by atoms with E-state index in [4.69, 9.17) is 0 Å². The van der Waals surface area contributed by atoms with Crippen molar-refractivity contribution in [2.24, 2.45) is 0 Å². The Balaban J connectivity index is 0.00000106. The molecule has 16 heavy (non-hydrogen) atoms. The van der Waals surface area contributed by atoms with Crippen molar-refractivity contribution in [3.63, 3.8) is 0 Å². The number of rotatable bonds is 2. The molecule has 1 aromatic rings. The van der Waals surface area contributed by atoms with Crippen LogP contribution in [0.5, 0.6) is 0 Å². The van der Waals surface area contributed by atoms with Crippen molar-refractivity contribution >= 4 is 15.5 Å². The number of aryl methyl sites for hydroxylation is 1. The Morgan fingerprint density at radius 1 is 1.38 bits per heavy atom. The standard InChI is InChI=1S/C7H8N2O4S.C2H6/c1-5-3-6(9(10)11)7(8-4-5)14(2,12)13;1-2/h3-4H,1-2H3;1-2H3. The zero-order valence-corrected chi connectivity index (χ0v) is 10.4. The van der Waals surface area contributed by atoms with Crippen molar-refractivity contribution < 1.29 is 13.3 Å². The fraction of sp³-hybridized carbons (Fsp3) is 0.444. The molecule has 0 bridgehead atoms. The lowest BCUT2D eigenvalue weighted by Gasteiger charge is -1.99. The molecule has 6 nitrogen and oxygen atoms in total. The van der Waals surface area contributed by atoms with E-state index in [9.17, 15) is 18.5 Å². The van der Waals surface area contributed by atoms with Crippen LogP contribution in [-0.4, -0.2) is 24.6 Å². The molecule has 0 saturated carbocycles. The average Bonchev–Trinajstić information content (AvgIpc) is 2.18. The monoisotopic (exact) mass is 246 g/mol. The molecule has 0 unspecified atom stereocenters. The van der Waals surface area contributed by atoms with Gasteiger partial charge in [-0.15, -0.1) is 0 Å². The van der Waals surface area contributed by atoms with Gasteiger partial charge < -0.3 is 0 Å². The Labute approximate surface area is 94.4 Å². The van der Waals surface area contributed by atoms with E-state index in [1.165, 1.54) is 12.3 Å². The van der Waals surface area contributed by atoms with Gasteiger partial charge in [-0.25, -0.2) is 13.4 Å². The van der Waals surface area contributed by atoms with E-state index in [1.54, 1.807) is 6.92 Å². The van der Waals surface area contributed by atoms with Gasteiger partial charge in [-0.2, -0.15) is 0 Å². The van der Waals surface area contributed by atoms with Gasteiger partial charge in [0, 0.05) is 18.5 Å². The topological polar surface area (TPSA) is 90.2 Å². The second kappa shape index (κ2) is 5.55. The van der Waals surface area contributed by atoms with Crippen molar-refractivity contribution in [3.05, 3.63) is 27.9 Å². The third-order valence-electron chi connectivity index (χ3n) is 1.52. The highest BCUT2D eigenvalue weighted by Gasteiger charge is 2.23. The van der Waals surface area contributed by atoms with Crippen LogP contribution in [0.3, 0.4) is 0 Å². The first-order valence-electron chi connectivity index (χ1n) is 4.63. The average molecular weight is 246 g/mol. The van der Waals surface area contributed by atoms with Gasteiger partial charge in [-0.1, -0.05) is 13.8 Å². The number of pyridine rings is 1. The molecule has 7 heteroatoms. The molecule has 0 aliphatic heterocycles. The van der Waals surface area contributed by atoms with Crippen molar-refractivity contribution in [3.8, 4) is 0 Å². The van der Waals surface area contributed by atoms with Crippen molar-refractivity contribution in [1.82, 2.24) is 4.98 Å². The Hall–Kier alpha value is -1.50. The Morgan fingerprint density at radius 3 is 2.25 bits per heavy atom. The summed E-state index contributed by atoms with van der Waals surface area (Å²) in [5.74, 6) is 0. The zero-order chi connectivity index (χ0) is 12.9.